The maximum Gasteiger partial charge on any atom is 0.234 e. The number of amides is 1. The second-order valence-corrected chi connectivity index (χ2v) is 5.82. The highest BCUT2D eigenvalue weighted by Crippen LogP contribution is 2.25. The van der Waals surface area contributed by atoms with Crippen LogP contribution in [0.2, 0.25) is 10.0 Å². The predicted octanol–water partition coefficient (Wildman–Crippen LogP) is 2.08. The summed E-state index contributed by atoms with van der Waals surface area (Å²) in [6, 6.07) is 5.19. The maximum absolute atomic E-state index is 12.0. The van der Waals surface area contributed by atoms with Crippen LogP contribution in [0.5, 0.6) is 0 Å². The summed E-state index contributed by atoms with van der Waals surface area (Å²) in [5, 5.41) is 7.41. The Kier molecular flexibility index (Phi) is 5.66. The fraction of sp³-hybridized carbons (Fsp3) is 0.500. The molecule has 0 aromatic heterocycles. The third-order valence-corrected chi connectivity index (χ3v) is 3.95. The average molecular weight is 316 g/mol. The summed E-state index contributed by atoms with van der Waals surface area (Å²) in [7, 11) is 0. The number of piperazine rings is 1. The molecule has 2 rings (SSSR count). The lowest BCUT2D eigenvalue weighted by Crippen LogP contribution is -2.47. The van der Waals surface area contributed by atoms with E-state index in [0.29, 0.717) is 16.6 Å². The van der Waals surface area contributed by atoms with Gasteiger partial charge in [-0.2, -0.15) is 0 Å². The molecule has 0 radical (unpaired) electrons. The van der Waals surface area contributed by atoms with Crippen molar-refractivity contribution in [3.63, 3.8) is 0 Å². The van der Waals surface area contributed by atoms with Crippen molar-refractivity contribution in [3.8, 4) is 0 Å². The van der Waals surface area contributed by atoms with Crippen LogP contribution in [0.25, 0.3) is 0 Å². The molecule has 6 heteroatoms. The zero-order valence-electron chi connectivity index (χ0n) is 11.5. The molecular weight excluding hydrogens is 297 g/mol. The fourth-order valence-electron chi connectivity index (χ4n) is 2.29. The fourth-order valence-corrected chi connectivity index (χ4v) is 2.86. The largest absolute Gasteiger partial charge is 0.348 e. The molecule has 1 amide bonds. The summed E-state index contributed by atoms with van der Waals surface area (Å²) in [6.07, 6.45) is 0. The van der Waals surface area contributed by atoms with Crippen molar-refractivity contribution in [1.29, 1.82) is 0 Å². The SMILES string of the molecule is CC(NC(=O)CN1CCNCC1)c1ccc(Cl)cc1Cl. The Labute approximate surface area is 129 Å². The Morgan fingerprint density at radius 1 is 1.40 bits per heavy atom. The molecule has 110 valence electrons. The molecule has 1 aliphatic heterocycles. The molecule has 1 aliphatic rings. The highest BCUT2D eigenvalue weighted by atomic mass is 35.5. The number of carbonyl (C=O) groups is 1. The zero-order chi connectivity index (χ0) is 14.5. The predicted molar refractivity (Wildman–Crippen MR) is 82.3 cm³/mol. The Bertz CT molecular complexity index is 475. The van der Waals surface area contributed by atoms with E-state index in [2.05, 4.69) is 15.5 Å². The molecule has 1 unspecified atom stereocenters. The van der Waals surface area contributed by atoms with Gasteiger partial charge in [0.1, 0.15) is 0 Å². The molecular formula is C14H19Cl2N3O. The van der Waals surface area contributed by atoms with Crippen LogP contribution in [0.15, 0.2) is 18.2 Å². The van der Waals surface area contributed by atoms with E-state index in [-0.39, 0.29) is 11.9 Å². The van der Waals surface area contributed by atoms with Gasteiger partial charge in [-0.15, -0.1) is 0 Å². The number of nitrogens with one attached hydrogen (secondary N) is 2. The molecule has 4 nitrogen and oxygen atoms in total. The number of rotatable bonds is 4. The summed E-state index contributed by atoms with van der Waals surface area (Å²) in [4.78, 5) is 14.2. The summed E-state index contributed by atoms with van der Waals surface area (Å²) in [5.74, 6) is 0.0189. The molecule has 1 saturated heterocycles. The van der Waals surface area contributed by atoms with Gasteiger partial charge in [-0.3, -0.25) is 9.69 Å². The summed E-state index contributed by atoms with van der Waals surface area (Å²) in [5.41, 5.74) is 0.879. The Morgan fingerprint density at radius 2 is 2.10 bits per heavy atom. The van der Waals surface area contributed by atoms with Crippen LogP contribution in [0, 0.1) is 0 Å². The first-order chi connectivity index (χ1) is 9.56. The Hall–Kier alpha value is -0.810. The van der Waals surface area contributed by atoms with E-state index in [1.54, 1.807) is 12.1 Å². The third kappa shape index (κ3) is 4.35. The molecule has 1 fully saturated rings. The van der Waals surface area contributed by atoms with Crippen molar-refractivity contribution in [2.45, 2.75) is 13.0 Å². The topological polar surface area (TPSA) is 44.4 Å². The number of benzene rings is 1. The minimum absolute atomic E-state index is 0.0189. The second-order valence-electron chi connectivity index (χ2n) is 4.98. The maximum atomic E-state index is 12.0. The van der Waals surface area contributed by atoms with Crippen molar-refractivity contribution in [2.24, 2.45) is 0 Å². The lowest BCUT2D eigenvalue weighted by molar-refractivity contribution is -0.123. The van der Waals surface area contributed by atoms with Gasteiger partial charge in [-0.25, -0.2) is 0 Å². The first-order valence-corrected chi connectivity index (χ1v) is 7.49. The van der Waals surface area contributed by atoms with Crippen molar-refractivity contribution < 1.29 is 4.79 Å². The number of carbonyl (C=O) groups excluding carboxylic acids is 1. The van der Waals surface area contributed by atoms with E-state index in [4.69, 9.17) is 23.2 Å². The first-order valence-electron chi connectivity index (χ1n) is 6.73. The molecule has 0 aliphatic carbocycles. The molecule has 20 heavy (non-hydrogen) atoms. The molecule has 2 N–H and O–H groups in total. The van der Waals surface area contributed by atoms with Crippen molar-refractivity contribution >= 4 is 29.1 Å². The highest BCUT2D eigenvalue weighted by Gasteiger charge is 2.16. The molecule has 1 atom stereocenters. The first kappa shape index (κ1) is 15.6. The van der Waals surface area contributed by atoms with Gasteiger partial charge in [0.2, 0.25) is 5.91 Å². The van der Waals surface area contributed by atoms with E-state index in [1.807, 2.05) is 13.0 Å². The van der Waals surface area contributed by atoms with Crippen LogP contribution in [0.1, 0.15) is 18.5 Å². The average Bonchev–Trinajstić information content (AvgIpc) is 2.39. The molecule has 1 aromatic rings. The van der Waals surface area contributed by atoms with Gasteiger partial charge >= 0.3 is 0 Å². The van der Waals surface area contributed by atoms with Gasteiger partial charge in [-0.1, -0.05) is 29.3 Å². The normalized spacial score (nSPS) is 17.8. The van der Waals surface area contributed by atoms with Gasteiger partial charge in [0.15, 0.2) is 0 Å². The van der Waals surface area contributed by atoms with E-state index in [1.165, 1.54) is 0 Å². The molecule has 0 saturated carbocycles. The van der Waals surface area contributed by atoms with Crippen LogP contribution >= 0.6 is 23.2 Å². The van der Waals surface area contributed by atoms with Crippen molar-refractivity contribution in [2.75, 3.05) is 32.7 Å². The number of nitrogens with zero attached hydrogens (tertiary/aromatic N) is 1. The summed E-state index contributed by atoms with van der Waals surface area (Å²) < 4.78 is 0. The van der Waals surface area contributed by atoms with Crippen LogP contribution in [-0.4, -0.2) is 43.5 Å². The van der Waals surface area contributed by atoms with Gasteiger partial charge in [0, 0.05) is 36.2 Å². The monoisotopic (exact) mass is 315 g/mol. The van der Waals surface area contributed by atoms with Crippen molar-refractivity contribution in [1.82, 2.24) is 15.5 Å². The van der Waals surface area contributed by atoms with Gasteiger partial charge in [0.25, 0.3) is 0 Å². The standard InChI is InChI=1S/C14H19Cl2N3O/c1-10(12-3-2-11(15)8-13(12)16)18-14(20)9-19-6-4-17-5-7-19/h2-3,8,10,17H,4-7,9H2,1H3,(H,18,20). The number of hydrogen-bond acceptors (Lipinski definition) is 3. The molecule has 1 aromatic carbocycles. The van der Waals surface area contributed by atoms with Crippen LogP contribution in [-0.2, 0) is 4.79 Å². The van der Waals surface area contributed by atoms with E-state index >= 15 is 0 Å². The van der Waals surface area contributed by atoms with E-state index in [0.717, 1.165) is 31.7 Å². The van der Waals surface area contributed by atoms with Crippen molar-refractivity contribution in [3.05, 3.63) is 33.8 Å². The molecule has 0 spiro atoms. The smallest absolute Gasteiger partial charge is 0.234 e. The van der Waals surface area contributed by atoms with E-state index < -0.39 is 0 Å². The van der Waals surface area contributed by atoms with Gasteiger partial charge in [0.05, 0.1) is 12.6 Å². The number of halogens is 2. The molecule has 1 heterocycles. The number of hydrogen-bond donors (Lipinski definition) is 2. The minimum atomic E-state index is -0.129. The third-order valence-electron chi connectivity index (χ3n) is 3.38. The van der Waals surface area contributed by atoms with Crippen LogP contribution in [0.3, 0.4) is 0 Å². The second kappa shape index (κ2) is 7.27. The van der Waals surface area contributed by atoms with E-state index in [9.17, 15) is 4.79 Å². The quantitative estimate of drug-likeness (QED) is 0.894. The Balaban J connectivity index is 1.89. The van der Waals surface area contributed by atoms with Crippen LogP contribution in [0.4, 0.5) is 0 Å². The summed E-state index contributed by atoms with van der Waals surface area (Å²) in [6.45, 7) is 6.03. The minimum Gasteiger partial charge on any atom is -0.348 e. The highest BCUT2D eigenvalue weighted by molar-refractivity contribution is 6.35. The zero-order valence-corrected chi connectivity index (χ0v) is 13.0. The van der Waals surface area contributed by atoms with Gasteiger partial charge < -0.3 is 10.6 Å². The van der Waals surface area contributed by atoms with Gasteiger partial charge in [-0.05, 0) is 24.6 Å². The summed E-state index contributed by atoms with van der Waals surface area (Å²) >= 11 is 12.0. The van der Waals surface area contributed by atoms with Crippen LogP contribution < -0.4 is 10.6 Å². The lowest BCUT2D eigenvalue weighted by Gasteiger charge is -2.27. The molecule has 0 bridgehead atoms. The Morgan fingerprint density at radius 3 is 2.75 bits per heavy atom. The lowest BCUT2D eigenvalue weighted by atomic mass is 10.1.